The molecule has 0 saturated heterocycles. The molecular weight excluding hydrogens is 342 g/mol. The monoisotopic (exact) mass is 361 g/mol. The van der Waals surface area contributed by atoms with Gasteiger partial charge in [0.2, 0.25) is 0 Å². The molecule has 3 N–H and O–H groups in total. The summed E-state index contributed by atoms with van der Waals surface area (Å²) in [6.45, 7) is 3.83. The Balaban J connectivity index is 2.09. The van der Waals surface area contributed by atoms with E-state index in [0.29, 0.717) is 17.1 Å². The minimum Gasteiger partial charge on any atom is -0.491 e. The second-order valence-corrected chi connectivity index (χ2v) is 5.82. The molecule has 0 unspecified atom stereocenters. The number of carboxylic acid groups (broad SMARTS) is 2. The van der Waals surface area contributed by atoms with Crippen molar-refractivity contribution in [2.45, 2.75) is 32.4 Å². The molecule has 0 aliphatic heterocycles. The zero-order valence-corrected chi connectivity index (χ0v) is 14.3. The molecule has 2 rings (SSSR count). The van der Waals surface area contributed by atoms with E-state index in [9.17, 15) is 14.4 Å². The molecule has 8 heteroatoms. The molecule has 0 spiro atoms. The molecule has 0 fully saturated rings. The molecule has 1 aromatic carbocycles. The summed E-state index contributed by atoms with van der Waals surface area (Å²) in [5, 5.41) is 19.8. The van der Waals surface area contributed by atoms with Gasteiger partial charge in [0.05, 0.1) is 12.5 Å². The van der Waals surface area contributed by atoms with Gasteiger partial charge in [-0.1, -0.05) is 0 Å². The fourth-order valence-corrected chi connectivity index (χ4v) is 2.19. The summed E-state index contributed by atoms with van der Waals surface area (Å²) < 4.78 is 11.0. The molecular formula is C18H19NO7. The van der Waals surface area contributed by atoms with Crippen molar-refractivity contribution >= 4 is 17.8 Å². The van der Waals surface area contributed by atoms with Crippen LogP contribution in [0.25, 0.3) is 11.3 Å². The van der Waals surface area contributed by atoms with Crippen LogP contribution in [-0.2, 0) is 9.59 Å². The average molecular weight is 361 g/mol. The molecule has 1 amide bonds. The Morgan fingerprint density at radius 3 is 2.27 bits per heavy atom. The first kappa shape index (κ1) is 19.0. The van der Waals surface area contributed by atoms with Gasteiger partial charge in [0.1, 0.15) is 17.6 Å². The van der Waals surface area contributed by atoms with Gasteiger partial charge in [-0.15, -0.1) is 0 Å². The SMILES string of the molecule is CC(C)Oc1ccc(-c2ccc(C(=O)N[C@@H](CC(=O)O)C(=O)O)o2)cc1. The lowest BCUT2D eigenvalue weighted by Crippen LogP contribution is -2.42. The van der Waals surface area contributed by atoms with Gasteiger partial charge in [-0.25, -0.2) is 4.79 Å². The lowest BCUT2D eigenvalue weighted by Gasteiger charge is -2.11. The van der Waals surface area contributed by atoms with E-state index in [0.717, 1.165) is 0 Å². The highest BCUT2D eigenvalue weighted by Gasteiger charge is 2.25. The smallest absolute Gasteiger partial charge is 0.326 e. The molecule has 0 aliphatic rings. The van der Waals surface area contributed by atoms with Crippen molar-refractivity contribution in [3.8, 4) is 17.1 Å². The van der Waals surface area contributed by atoms with Crippen molar-refractivity contribution in [3.63, 3.8) is 0 Å². The molecule has 0 saturated carbocycles. The zero-order chi connectivity index (χ0) is 19.3. The van der Waals surface area contributed by atoms with Crippen LogP contribution in [0.3, 0.4) is 0 Å². The summed E-state index contributed by atoms with van der Waals surface area (Å²) in [7, 11) is 0. The van der Waals surface area contributed by atoms with Crippen LogP contribution < -0.4 is 10.1 Å². The number of furan rings is 1. The number of nitrogens with one attached hydrogen (secondary N) is 1. The molecule has 1 aromatic heterocycles. The minimum atomic E-state index is -1.54. The average Bonchev–Trinajstić information content (AvgIpc) is 3.04. The first-order valence-electron chi connectivity index (χ1n) is 7.88. The van der Waals surface area contributed by atoms with E-state index in [2.05, 4.69) is 5.32 Å². The number of hydrogen-bond donors (Lipinski definition) is 3. The lowest BCUT2D eigenvalue weighted by atomic mass is 10.2. The molecule has 1 atom stereocenters. The van der Waals surface area contributed by atoms with E-state index in [4.69, 9.17) is 19.4 Å². The van der Waals surface area contributed by atoms with Crippen LogP contribution >= 0.6 is 0 Å². The summed E-state index contributed by atoms with van der Waals surface area (Å²) in [5.41, 5.74) is 0.709. The van der Waals surface area contributed by atoms with Gasteiger partial charge < -0.3 is 24.7 Å². The van der Waals surface area contributed by atoms with E-state index in [1.807, 2.05) is 13.8 Å². The quantitative estimate of drug-likeness (QED) is 0.659. The summed E-state index contributed by atoms with van der Waals surface area (Å²) in [5.74, 6) is -2.57. The van der Waals surface area contributed by atoms with E-state index in [1.54, 1.807) is 30.3 Å². The van der Waals surface area contributed by atoms with Gasteiger partial charge in [0, 0.05) is 5.56 Å². The second kappa shape index (κ2) is 8.19. The van der Waals surface area contributed by atoms with Crippen molar-refractivity contribution in [1.82, 2.24) is 5.32 Å². The van der Waals surface area contributed by atoms with Gasteiger partial charge in [-0.3, -0.25) is 9.59 Å². The molecule has 2 aromatic rings. The molecule has 0 bridgehead atoms. The molecule has 0 radical (unpaired) electrons. The predicted octanol–water partition coefficient (Wildman–Crippen LogP) is 2.39. The number of rotatable bonds is 8. The first-order chi connectivity index (χ1) is 12.3. The molecule has 0 aliphatic carbocycles. The third kappa shape index (κ3) is 5.10. The van der Waals surface area contributed by atoms with Crippen LogP contribution in [0, 0.1) is 0 Å². The third-order valence-corrected chi connectivity index (χ3v) is 3.32. The topological polar surface area (TPSA) is 126 Å². The lowest BCUT2D eigenvalue weighted by molar-refractivity contribution is -0.145. The number of amides is 1. The fraction of sp³-hybridized carbons (Fsp3) is 0.278. The van der Waals surface area contributed by atoms with Crippen molar-refractivity contribution in [2.24, 2.45) is 0 Å². The van der Waals surface area contributed by atoms with Crippen LogP contribution in [0.5, 0.6) is 5.75 Å². The number of carbonyl (C=O) groups is 3. The van der Waals surface area contributed by atoms with E-state index >= 15 is 0 Å². The van der Waals surface area contributed by atoms with Crippen LogP contribution in [0.4, 0.5) is 0 Å². The maximum Gasteiger partial charge on any atom is 0.326 e. The fourth-order valence-electron chi connectivity index (χ4n) is 2.19. The Bertz CT molecular complexity index is 792. The largest absolute Gasteiger partial charge is 0.491 e. The number of ether oxygens (including phenoxy) is 1. The van der Waals surface area contributed by atoms with E-state index in [1.165, 1.54) is 6.07 Å². The van der Waals surface area contributed by atoms with Crippen molar-refractivity contribution in [1.29, 1.82) is 0 Å². The van der Waals surface area contributed by atoms with E-state index in [-0.39, 0.29) is 11.9 Å². The normalized spacial score (nSPS) is 11.8. The highest BCUT2D eigenvalue weighted by molar-refractivity contribution is 5.95. The maximum atomic E-state index is 12.1. The standard InChI is InChI=1S/C18H19NO7/c1-10(2)25-12-5-3-11(4-6-12)14-7-8-15(26-14)17(22)19-13(18(23)24)9-16(20)21/h3-8,10,13H,9H2,1-2H3,(H,19,22)(H,20,21)(H,23,24)/t13-/m0/s1. The highest BCUT2D eigenvalue weighted by atomic mass is 16.5. The summed E-state index contributed by atoms with van der Waals surface area (Å²) >= 11 is 0. The number of carbonyl (C=O) groups excluding carboxylic acids is 1. The molecule has 1 heterocycles. The Kier molecular flexibility index (Phi) is 6.00. The third-order valence-electron chi connectivity index (χ3n) is 3.32. The van der Waals surface area contributed by atoms with Crippen molar-refractivity contribution in [2.75, 3.05) is 0 Å². The van der Waals surface area contributed by atoms with Crippen LogP contribution in [0.1, 0.15) is 30.8 Å². The Labute approximate surface area is 149 Å². The van der Waals surface area contributed by atoms with E-state index < -0.39 is 30.3 Å². The van der Waals surface area contributed by atoms with Gasteiger partial charge in [-0.05, 0) is 50.2 Å². The maximum absolute atomic E-state index is 12.1. The predicted molar refractivity (Wildman–Crippen MR) is 91.1 cm³/mol. The summed E-state index contributed by atoms with van der Waals surface area (Å²) in [6, 6.07) is 8.49. The Morgan fingerprint density at radius 1 is 1.08 bits per heavy atom. The first-order valence-corrected chi connectivity index (χ1v) is 7.88. The van der Waals surface area contributed by atoms with Gasteiger partial charge in [0.25, 0.3) is 5.91 Å². The van der Waals surface area contributed by atoms with Crippen molar-refractivity contribution < 1.29 is 33.8 Å². The van der Waals surface area contributed by atoms with Gasteiger partial charge in [0.15, 0.2) is 5.76 Å². The van der Waals surface area contributed by atoms with Crippen LogP contribution in [-0.4, -0.2) is 40.2 Å². The number of hydrogen-bond acceptors (Lipinski definition) is 5. The Hall–Kier alpha value is -3.29. The number of carboxylic acids is 2. The molecule has 8 nitrogen and oxygen atoms in total. The molecule has 26 heavy (non-hydrogen) atoms. The Morgan fingerprint density at radius 2 is 1.73 bits per heavy atom. The number of benzene rings is 1. The molecule has 138 valence electrons. The van der Waals surface area contributed by atoms with Gasteiger partial charge >= 0.3 is 11.9 Å². The van der Waals surface area contributed by atoms with Crippen molar-refractivity contribution in [3.05, 3.63) is 42.2 Å². The summed E-state index contributed by atoms with van der Waals surface area (Å²) in [4.78, 5) is 33.8. The van der Waals surface area contributed by atoms with Crippen LogP contribution in [0.2, 0.25) is 0 Å². The second-order valence-electron chi connectivity index (χ2n) is 5.82. The number of aliphatic carboxylic acids is 2. The highest BCUT2D eigenvalue weighted by Crippen LogP contribution is 2.25. The zero-order valence-electron chi connectivity index (χ0n) is 14.3. The van der Waals surface area contributed by atoms with Gasteiger partial charge in [-0.2, -0.15) is 0 Å². The van der Waals surface area contributed by atoms with Crippen LogP contribution in [0.15, 0.2) is 40.8 Å². The minimum absolute atomic E-state index is 0.0488. The summed E-state index contributed by atoms with van der Waals surface area (Å²) in [6.07, 6.45) is -0.681.